The van der Waals surface area contributed by atoms with E-state index in [1.54, 1.807) is 0 Å². The van der Waals surface area contributed by atoms with E-state index in [-0.39, 0.29) is 5.91 Å². The number of amides is 1. The van der Waals surface area contributed by atoms with Crippen molar-refractivity contribution in [2.24, 2.45) is 0 Å². The molecule has 0 aromatic heterocycles. The van der Waals surface area contributed by atoms with Crippen molar-refractivity contribution in [1.29, 1.82) is 0 Å². The predicted octanol–water partition coefficient (Wildman–Crippen LogP) is 2.07. The number of carbonyl (C=O) groups is 1. The summed E-state index contributed by atoms with van der Waals surface area (Å²) in [5, 5.41) is 6.27. The predicted molar refractivity (Wildman–Crippen MR) is 81.3 cm³/mol. The molecule has 1 fully saturated rings. The molecule has 19 heavy (non-hydrogen) atoms. The Morgan fingerprint density at radius 3 is 2.89 bits per heavy atom. The first-order valence-corrected chi connectivity index (χ1v) is 7.44. The lowest BCUT2D eigenvalue weighted by molar-refractivity contribution is -0.116. The van der Waals surface area contributed by atoms with Crippen molar-refractivity contribution < 1.29 is 4.79 Å². The zero-order valence-corrected chi connectivity index (χ0v) is 12.7. The first-order chi connectivity index (χ1) is 9.15. The molecule has 0 radical (unpaired) electrons. The van der Waals surface area contributed by atoms with Crippen molar-refractivity contribution in [2.45, 2.75) is 19.4 Å². The molecule has 1 aliphatic rings. The van der Waals surface area contributed by atoms with E-state index in [0.717, 1.165) is 36.3 Å². The Labute approximate surface area is 122 Å². The van der Waals surface area contributed by atoms with Gasteiger partial charge in [-0.1, -0.05) is 15.9 Å². The second kappa shape index (κ2) is 7.03. The number of benzene rings is 1. The van der Waals surface area contributed by atoms with Crippen molar-refractivity contribution in [3.8, 4) is 0 Å². The first kappa shape index (κ1) is 14.5. The fourth-order valence-corrected chi connectivity index (χ4v) is 2.48. The van der Waals surface area contributed by atoms with E-state index >= 15 is 0 Å². The second-order valence-corrected chi connectivity index (χ2v) is 5.81. The van der Waals surface area contributed by atoms with Crippen molar-refractivity contribution in [2.75, 3.05) is 31.5 Å². The molecule has 1 aromatic carbocycles. The summed E-state index contributed by atoms with van der Waals surface area (Å²) < 4.78 is 1.01. The molecule has 0 unspecified atom stereocenters. The van der Waals surface area contributed by atoms with E-state index in [1.165, 1.54) is 0 Å². The maximum absolute atomic E-state index is 11.9. The third-order valence-electron chi connectivity index (χ3n) is 3.39. The summed E-state index contributed by atoms with van der Waals surface area (Å²) >= 11 is 3.38. The van der Waals surface area contributed by atoms with Crippen LogP contribution in [0.5, 0.6) is 0 Å². The number of carbonyl (C=O) groups excluding carboxylic acids is 1. The van der Waals surface area contributed by atoms with Gasteiger partial charge in [-0.25, -0.2) is 0 Å². The summed E-state index contributed by atoms with van der Waals surface area (Å²) in [7, 11) is 0. The zero-order chi connectivity index (χ0) is 13.7. The first-order valence-electron chi connectivity index (χ1n) is 6.65. The van der Waals surface area contributed by atoms with E-state index in [2.05, 4.69) is 38.4 Å². The van der Waals surface area contributed by atoms with Crippen molar-refractivity contribution >= 4 is 27.5 Å². The minimum Gasteiger partial charge on any atom is -0.326 e. The van der Waals surface area contributed by atoms with Crippen LogP contribution in [0.3, 0.4) is 0 Å². The lowest BCUT2D eigenvalue weighted by atomic mass is 10.2. The molecule has 0 saturated carbocycles. The number of anilines is 1. The molecule has 0 aliphatic carbocycles. The molecule has 2 N–H and O–H groups in total. The molecule has 1 heterocycles. The van der Waals surface area contributed by atoms with Crippen LogP contribution in [0.1, 0.15) is 13.3 Å². The highest BCUT2D eigenvalue weighted by atomic mass is 79.9. The summed E-state index contributed by atoms with van der Waals surface area (Å²) in [5.41, 5.74) is 0.849. The maximum Gasteiger partial charge on any atom is 0.225 e. The van der Waals surface area contributed by atoms with Gasteiger partial charge in [0.25, 0.3) is 0 Å². The smallest absolute Gasteiger partial charge is 0.225 e. The van der Waals surface area contributed by atoms with Gasteiger partial charge in [-0.05, 0) is 31.2 Å². The minimum absolute atomic E-state index is 0.0769. The summed E-state index contributed by atoms with van der Waals surface area (Å²) in [6.07, 6.45) is 0.542. The van der Waals surface area contributed by atoms with E-state index in [4.69, 9.17) is 0 Å². The van der Waals surface area contributed by atoms with Crippen LogP contribution < -0.4 is 10.6 Å². The number of nitrogens with one attached hydrogen (secondary N) is 2. The van der Waals surface area contributed by atoms with Gasteiger partial charge >= 0.3 is 0 Å². The summed E-state index contributed by atoms with van der Waals surface area (Å²) in [4.78, 5) is 14.2. The van der Waals surface area contributed by atoms with Gasteiger partial charge in [0.2, 0.25) is 5.91 Å². The third-order valence-corrected chi connectivity index (χ3v) is 3.92. The number of hydrogen-bond acceptors (Lipinski definition) is 3. The zero-order valence-electron chi connectivity index (χ0n) is 11.2. The van der Waals surface area contributed by atoms with E-state index in [0.29, 0.717) is 12.5 Å². The van der Waals surface area contributed by atoms with Crippen LogP contribution in [0.4, 0.5) is 5.69 Å². The Balaban J connectivity index is 1.76. The molecule has 1 aliphatic heterocycles. The summed E-state index contributed by atoms with van der Waals surface area (Å²) in [5.74, 6) is 0.0769. The molecular formula is C14H20BrN3O. The topological polar surface area (TPSA) is 44.4 Å². The molecule has 104 valence electrons. The van der Waals surface area contributed by atoms with Gasteiger partial charge in [-0.15, -0.1) is 0 Å². The third kappa shape index (κ3) is 4.60. The fourth-order valence-electron chi connectivity index (χ4n) is 2.22. The van der Waals surface area contributed by atoms with Crippen molar-refractivity contribution in [3.63, 3.8) is 0 Å². The van der Waals surface area contributed by atoms with Crippen LogP contribution in [0.15, 0.2) is 28.7 Å². The van der Waals surface area contributed by atoms with Crippen LogP contribution in [-0.4, -0.2) is 43.0 Å². The van der Waals surface area contributed by atoms with Crippen molar-refractivity contribution in [1.82, 2.24) is 10.2 Å². The Bertz CT molecular complexity index is 421. The van der Waals surface area contributed by atoms with Gasteiger partial charge in [-0.2, -0.15) is 0 Å². The standard InChI is InChI=1S/C14H20BrN3O/c1-11-10-16-7-9-18(11)8-6-14(19)17-13-4-2-12(15)3-5-13/h2-5,11,16H,6-10H2,1H3,(H,17,19)/t11-/m0/s1. The SMILES string of the molecule is C[C@H]1CNCCN1CCC(=O)Nc1ccc(Br)cc1. The van der Waals surface area contributed by atoms with Gasteiger partial charge in [-0.3, -0.25) is 9.69 Å². The highest BCUT2D eigenvalue weighted by Crippen LogP contribution is 2.14. The molecule has 0 bridgehead atoms. The van der Waals surface area contributed by atoms with Crippen LogP contribution in [-0.2, 0) is 4.79 Å². The van der Waals surface area contributed by atoms with E-state index in [1.807, 2.05) is 24.3 Å². The molecular weight excluding hydrogens is 306 g/mol. The lowest BCUT2D eigenvalue weighted by Crippen LogP contribution is -2.50. The molecule has 5 heteroatoms. The molecule has 1 aromatic rings. The van der Waals surface area contributed by atoms with Crippen LogP contribution >= 0.6 is 15.9 Å². The molecule has 1 atom stereocenters. The van der Waals surface area contributed by atoms with Gasteiger partial charge in [0.05, 0.1) is 0 Å². The molecule has 2 rings (SSSR count). The maximum atomic E-state index is 11.9. The fraction of sp³-hybridized carbons (Fsp3) is 0.500. The number of halogens is 1. The highest BCUT2D eigenvalue weighted by Gasteiger charge is 2.18. The van der Waals surface area contributed by atoms with E-state index < -0.39 is 0 Å². The number of nitrogens with zero attached hydrogens (tertiary/aromatic N) is 1. The van der Waals surface area contributed by atoms with Gasteiger partial charge in [0, 0.05) is 48.8 Å². The monoisotopic (exact) mass is 325 g/mol. The largest absolute Gasteiger partial charge is 0.326 e. The summed E-state index contributed by atoms with van der Waals surface area (Å²) in [6, 6.07) is 8.15. The number of hydrogen-bond donors (Lipinski definition) is 2. The quantitative estimate of drug-likeness (QED) is 0.890. The van der Waals surface area contributed by atoms with Crippen LogP contribution in [0, 0.1) is 0 Å². The Morgan fingerprint density at radius 1 is 1.47 bits per heavy atom. The number of rotatable bonds is 4. The minimum atomic E-state index is 0.0769. The normalized spacial score (nSPS) is 20.2. The molecule has 4 nitrogen and oxygen atoms in total. The lowest BCUT2D eigenvalue weighted by Gasteiger charge is -2.33. The van der Waals surface area contributed by atoms with Crippen LogP contribution in [0.2, 0.25) is 0 Å². The second-order valence-electron chi connectivity index (χ2n) is 4.89. The average Bonchev–Trinajstić information content (AvgIpc) is 2.40. The van der Waals surface area contributed by atoms with Crippen LogP contribution in [0.25, 0.3) is 0 Å². The Morgan fingerprint density at radius 2 is 2.21 bits per heavy atom. The molecule has 1 amide bonds. The van der Waals surface area contributed by atoms with Crippen molar-refractivity contribution in [3.05, 3.63) is 28.7 Å². The van der Waals surface area contributed by atoms with Gasteiger partial charge in [0.1, 0.15) is 0 Å². The number of piperazine rings is 1. The Kier molecular flexibility index (Phi) is 5.36. The Hall–Kier alpha value is -0.910. The highest BCUT2D eigenvalue weighted by molar-refractivity contribution is 9.10. The molecule has 0 spiro atoms. The summed E-state index contributed by atoms with van der Waals surface area (Å²) in [6.45, 7) is 6.06. The van der Waals surface area contributed by atoms with Gasteiger partial charge < -0.3 is 10.6 Å². The van der Waals surface area contributed by atoms with Gasteiger partial charge in [0.15, 0.2) is 0 Å². The average molecular weight is 326 g/mol. The van der Waals surface area contributed by atoms with E-state index in [9.17, 15) is 4.79 Å². The molecule has 1 saturated heterocycles.